The molecule has 2 aromatic heterocycles. The summed E-state index contributed by atoms with van der Waals surface area (Å²) < 4.78 is 1.77. The van der Waals surface area contributed by atoms with Crippen molar-refractivity contribution >= 4 is 40.4 Å². The van der Waals surface area contributed by atoms with Crippen LogP contribution in [0, 0.1) is 0 Å². The Morgan fingerprint density at radius 2 is 2.39 bits per heavy atom. The second kappa shape index (κ2) is 5.36. The summed E-state index contributed by atoms with van der Waals surface area (Å²) in [6, 6.07) is 0. The van der Waals surface area contributed by atoms with E-state index in [2.05, 4.69) is 20.4 Å². The van der Waals surface area contributed by atoms with E-state index in [1.54, 1.807) is 11.0 Å². The third-order valence-corrected chi connectivity index (χ3v) is 5.76. The summed E-state index contributed by atoms with van der Waals surface area (Å²) in [6.07, 6.45) is 3.41. The summed E-state index contributed by atoms with van der Waals surface area (Å²) >= 11 is 4.08. The number of aromatic nitrogens is 4. The van der Waals surface area contributed by atoms with Crippen LogP contribution in [0.2, 0.25) is 0 Å². The van der Waals surface area contributed by atoms with Gasteiger partial charge in [0.05, 0.1) is 11.6 Å². The number of rotatable bonds is 3. The van der Waals surface area contributed by atoms with Gasteiger partial charge in [0.15, 0.2) is 5.65 Å². The number of hydrogen-bond donors (Lipinski definition) is 1. The zero-order valence-electron chi connectivity index (χ0n) is 10.2. The molecule has 3 heterocycles. The fourth-order valence-corrected chi connectivity index (χ4v) is 4.58. The molecule has 0 radical (unpaired) electrons. The highest BCUT2D eigenvalue weighted by molar-refractivity contribution is 8.06. The highest BCUT2D eigenvalue weighted by Crippen LogP contribution is 2.25. The van der Waals surface area contributed by atoms with Crippen molar-refractivity contribution in [3.05, 3.63) is 12.5 Å². The molecular weight excluding hydrogens is 266 g/mol. The van der Waals surface area contributed by atoms with Gasteiger partial charge in [-0.25, -0.2) is 9.97 Å². The number of fused-ring (bicyclic) bond motifs is 1. The third-order valence-electron chi connectivity index (χ3n) is 2.91. The summed E-state index contributed by atoms with van der Waals surface area (Å²) in [5, 5.41) is 9.31. The van der Waals surface area contributed by atoms with Crippen molar-refractivity contribution in [1.82, 2.24) is 19.7 Å². The first kappa shape index (κ1) is 12.1. The molecule has 7 heteroatoms. The smallest absolute Gasteiger partial charge is 0.163 e. The molecule has 0 saturated carbocycles. The van der Waals surface area contributed by atoms with E-state index in [-0.39, 0.29) is 0 Å². The van der Waals surface area contributed by atoms with E-state index in [9.17, 15) is 0 Å². The lowest BCUT2D eigenvalue weighted by atomic mass is 10.3. The molecular formula is C11H15N5S2. The van der Waals surface area contributed by atoms with Gasteiger partial charge in [-0.2, -0.15) is 28.6 Å². The number of hydrogen-bond acceptors (Lipinski definition) is 6. The van der Waals surface area contributed by atoms with Crippen molar-refractivity contribution in [1.29, 1.82) is 0 Å². The van der Waals surface area contributed by atoms with Gasteiger partial charge in [0.25, 0.3) is 0 Å². The van der Waals surface area contributed by atoms with Gasteiger partial charge in [0.2, 0.25) is 0 Å². The lowest BCUT2D eigenvalue weighted by molar-refractivity contribution is 0.785. The van der Waals surface area contributed by atoms with Crippen LogP contribution in [0.4, 0.5) is 5.82 Å². The summed E-state index contributed by atoms with van der Waals surface area (Å²) in [7, 11) is 1.90. The van der Waals surface area contributed by atoms with E-state index in [1.807, 2.05) is 36.8 Å². The summed E-state index contributed by atoms with van der Waals surface area (Å²) in [5.41, 5.74) is 0.873. The number of nitrogens with zero attached hydrogens (tertiary/aromatic N) is 4. The van der Waals surface area contributed by atoms with Gasteiger partial charge < -0.3 is 5.32 Å². The van der Waals surface area contributed by atoms with Crippen molar-refractivity contribution < 1.29 is 0 Å². The van der Waals surface area contributed by atoms with Crippen LogP contribution >= 0.6 is 23.5 Å². The molecule has 0 amide bonds. The molecule has 0 aliphatic carbocycles. The maximum atomic E-state index is 4.31. The van der Waals surface area contributed by atoms with E-state index in [0.29, 0.717) is 5.25 Å². The lowest BCUT2D eigenvalue weighted by Gasteiger charge is -2.21. The molecule has 5 nitrogen and oxygen atoms in total. The zero-order chi connectivity index (χ0) is 12.4. The Morgan fingerprint density at radius 3 is 3.22 bits per heavy atom. The molecule has 0 spiro atoms. The summed E-state index contributed by atoms with van der Waals surface area (Å²) in [6.45, 7) is 0.957. The van der Waals surface area contributed by atoms with E-state index >= 15 is 0 Å². The average molecular weight is 281 g/mol. The molecule has 1 aliphatic rings. The van der Waals surface area contributed by atoms with Gasteiger partial charge >= 0.3 is 0 Å². The first-order chi connectivity index (χ1) is 8.84. The molecule has 18 heavy (non-hydrogen) atoms. The van der Waals surface area contributed by atoms with Crippen LogP contribution in [0.15, 0.2) is 12.5 Å². The van der Waals surface area contributed by atoms with Crippen molar-refractivity contribution in [3.63, 3.8) is 0 Å². The minimum absolute atomic E-state index is 0.672. The first-order valence-electron chi connectivity index (χ1n) is 5.90. The van der Waals surface area contributed by atoms with Gasteiger partial charge in [0, 0.05) is 36.1 Å². The Hall–Kier alpha value is -0.950. The number of nitrogens with one attached hydrogen (secondary N) is 1. The largest absolute Gasteiger partial charge is 0.368 e. The Balaban J connectivity index is 1.74. The van der Waals surface area contributed by atoms with Crippen molar-refractivity contribution in [2.75, 3.05) is 29.1 Å². The zero-order valence-corrected chi connectivity index (χ0v) is 11.8. The first-order valence-corrected chi connectivity index (χ1v) is 8.11. The maximum Gasteiger partial charge on any atom is 0.163 e. The van der Waals surface area contributed by atoms with E-state index in [0.717, 1.165) is 23.4 Å². The van der Waals surface area contributed by atoms with Crippen LogP contribution in [0.25, 0.3) is 11.0 Å². The van der Waals surface area contributed by atoms with Crippen LogP contribution < -0.4 is 5.32 Å². The van der Waals surface area contributed by atoms with Crippen molar-refractivity contribution in [2.24, 2.45) is 7.05 Å². The molecule has 1 N–H and O–H groups in total. The Kier molecular flexibility index (Phi) is 3.60. The third kappa shape index (κ3) is 2.42. The van der Waals surface area contributed by atoms with Crippen LogP contribution in [0.3, 0.4) is 0 Å². The minimum Gasteiger partial charge on any atom is -0.368 e. The second-order valence-corrected chi connectivity index (χ2v) is 6.73. The maximum absolute atomic E-state index is 4.31. The molecule has 1 atom stereocenters. The molecule has 3 rings (SSSR count). The van der Waals surface area contributed by atoms with Crippen molar-refractivity contribution in [2.45, 2.75) is 5.25 Å². The Labute approximate surface area is 114 Å². The van der Waals surface area contributed by atoms with Gasteiger partial charge in [-0.15, -0.1) is 0 Å². The van der Waals surface area contributed by atoms with Gasteiger partial charge in [-0.1, -0.05) is 0 Å². The van der Waals surface area contributed by atoms with Crippen LogP contribution in [0.1, 0.15) is 0 Å². The Bertz CT molecular complexity index is 535. The average Bonchev–Trinajstić information content (AvgIpc) is 2.80. The summed E-state index contributed by atoms with van der Waals surface area (Å²) in [4.78, 5) is 8.55. The SMILES string of the molecule is Cn1ncc2c(NCC3CSCCS3)ncnc21. The summed E-state index contributed by atoms with van der Waals surface area (Å²) in [5.74, 6) is 4.65. The quantitative estimate of drug-likeness (QED) is 0.923. The highest BCUT2D eigenvalue weighted by Gasteiger charge is 2.15. The predicted octanol–water partition coefficient (Wildman–Crippen LogP) is 1.62. The molecule has 2 aromatic rings. The standard InChI is InChI=1S/C11H15N5S2/c1-16-11-9(5-15-16)10(13-7-14-11)12-4-8-6-17-2-3-18-8/h5,7-8H,2-4,6H2,1H3,(H,12,13,14). The van der Waals surface area contributed by atoms with E-state index in [1.165, 1.54) is 17.3 Å². The Morgan fingerprint density at radius 1 is 1.44 bits per heavy atom. The molecule has 0 aromatic carbocycles. The normalized spacial score (nSPS) is 20.2. The molecule has 1 fully saturated rings. The van der Waals surface area contributed by atoms with Crippen molar-refractivity contribution in [3.8, 4) is 0 Å². The van der Waals surface area contributed by atoms with Crippen LogP contribution in [0.5, 0.6) is 0 Å². The molecule has 1 saturated heterocycles. The lowest BCUT2D eigenvalue weighted by Crippen LogP contribution is -2.23. The predicted molar refractivity (Wildman–Crippen MR) is 78.4 cm³/mol. The number of aryl methyl sites for hydroxylation is 1. The number of thioether (sulfide) groups is 2. The molecule has 1 aliphatic heterocycles. The second-order valence-electron chi connectivity index (χ2n) is 4.18. The minimum atomic E-state index is 0.672. The van der Waals surface area contributed by atoms with Crippen LogP contribution in [-0.2, 0) is 7.05 Å². The van der Waals surface area contributed by atoms with Gasteiger partial charge in [0.1, 0.15) is 12.1 Å². The molecule has 0 bridgehead atoms. The van der Waals surface area contributed by atoms with E-state index < -0.39 is 0 Å². The highest BCUT2D eigenvalue weighted by atomic mass is 32.2. The fourth-order valence-electron chi connectivity index (χ4n) is 1.97. The topological polar surface area (TPSA) is 55.6 Å². The van der Waals surface area contributed by atoms with Gasteiger partial charge in [-0.05, 0) is 0 Å². The number of anilines is 1. The fraction of sp³-hybridized carbons (Fsp3) is 0.545. The van der Waals surface area contributed by atoms with Gasteiger partial charge in [-0.3, -0.25) is 4.68 Å². The molecule has 96 valence electrons. The van der Waals surface area contributed by atoms with E-state index in [4.69, 9.17) is 0 Å². The van der Waals surface area contributed by atoms with Crippen LogP contribution in [-0.4, -0.2) is 48.8 Å². The monoisotopic (exact) mass is 281 g/mol. The molecule has 1 unspecified atom stereocenters.